The zero-order valence-electron chi connectivity index (χ0n) is 2.90. The third kappa shape index (κ3) is 2.48. The maximum absolute atomic E-state index is 4.60. The van der Waals surface area contributed by atoms with E-state index in [0.29, 0.717) is 6.10 Å². The van der Waals surface area contributed by atoms with Gasteiger partial charge in [-0.25, -0.2) is 0 Å². The molecule has 1 rings (SSSR count). The molecule has 2 heteroatoms. The first-order valence-electron chi connectivity index (χ1n) is 1.34. The Morgan fingerprint density at radius 3 is 2.00 bits per heavy atom. The number of ether oxygens (including phenoxy) is 1. The van der Waals surface area contributed by atoms with Crippen LogP contribution in [0.15, 0.2) is 0 Å². The molecule has 5 heavy (non-hydrogen) atoms. The Labute approximate surface area is 46.6 Å². The van der Waals surface area contributed by atoms with Crippen molar-refractivity contribution in [3.8, 4) is 0 Å². The van der Waals surface area contributed by atoms with Crippen LogP contribution in [-0.4, -0.2) is 12.7 Å². The van der Waals surface area contributed by atoms with E-state index in [1.807, 2.05) is 0 Å². The molecular formula is C3H5OTi-. The summed E-state index contributed by atoms with van der Waals surface area (Å²) in [6.45, 7) is 4.40. The molecule has 0 aromatic rings. The van der Waals surface area contributed by atoms with Gasteiger partial charge in [0, 0.05) is 28.3 Å². The molecule has 0 amide bonds. The summed E-state index contributed by atoms with van der Waals surface area (Å²) in [4.78, 5) is 0. The molecule has 1 aliphatic heterocycles. The zero-order valence-corrected chi connectivity index (χ0v) is 4.46. The van der Waals surface area contributed by atoms with Crippen LogP contribution in [0.25, 0.3) is 0 Å². The van der Waals surface area contributed by atoms with Crippen LogP contribution < -0.4 is 0 Å². The number of rotatable bonds is 0. The van der Waals surface area contributed by atoms with Crippen LogP contribution in [0.5, 0.6) is 0 Å². The van der Waals surface area contributed by atoms with Crippen molar-refractivity contribution < 1.29 is 26.5 Å². The zero-order chi connectivity index (χ0) is 2.99. The van der Waals surface area contributed by atoms with Gasteiger partial charge in [-0.2, -0.15) is 0 Å². The van der Waals surface area contributed by atoms with Gasteiger partial charge in [-0.15, -0.1) is 0 Å². The van der Waals surface area contributed by atoms with E-state index in [4.69, 9.17) is 0 Å². The Hall–Kier alpha value is 0.674. The van der Waals surface area contributed by atoms with E-state index in [9.17, 15) is 0 Å². The maximum Gasteiger partial charge on any atom is 0.0414 e. The van der Waals surface area contributed by atoms with E-state index in [0.717, 1.165) is 6.61 Å². The van der Waals surface area contributed by atoms with E-state index in [2.05, 4.69) is 11.7 Å². The first kappa shape index (κ1) is 5.67. The van der Waals surface area contributed by atoms with E-state index < -0.39 is 0 Å². The van der Waals surface area contributed by atoms with Gasteiger partial charge in [-0.1, -0.05) is 0 Å². The quantitative estimate of drug-likeness (QED) is 0.244. The molecule has 1 unspecified atom stereocenters. The van der Waals surface area contributed by atoms with Gasteiger partial charge in [0.2, 0.25) is 0 Å². The summed E-state index contributed by atoms with van der Waals surface area (Å²) in [5.41, 5.74) is 0. The van der Waals surface area contributed by atoms with Crippen LogP contribution in [-0.2, 0) is 26.5 Å². The van der Waals surface area contributed by atoms with Crippen LogP contribution >= 0.6 is 0 Å². The minimum absolute atomic E-state index is 0. The average Bonchev–Trinajstić information content (AvgIpc) is 1.75. The molecule has 0 aliphatic carbocycles. The SMILES string of the molecule is [CH2-]C1CO1.[Ti]. The second-order valence-corrected chi connectivity index (χ2v) is 0.955. The summed E-state index contributed by atoms with van der Waals surface area (Å²) in [6.07, 6.45) is 0.333. The van der Waals surface area contributed by atoms with Crippen molar-refractivity contribution in [2.75, 3.05) is 6.61 Å². The van der Waals surface area contributed by atoms with E-state index in [1.54, 1.807) is 0 Å². The molecule has 1 nitrogen and oxygen atoms in total. The summed E-state index contributed by atoms with van der Waals surface area (Å²) in [6, 6.07) is 0. The molecule has 1 heterocycles. The molecule has 0 saturated carbocycles. The fourth-order valence-electron chi connectivity index (χ4n) is 0.0680. The summed E-state index contributed by atoms with van der Waals surface area (Å²) >= 11 is 0. The standard InChI is InChI=1S/C3H5O.Ti/c1-3-2-4-3;/h3H,1-2H2;/q-1;. The van der Waals surface area contributed by atoms with Crippen LogP contribution in [0.2, 0.25) is 0 Å². The molecule has 0 bridgehead atoms. The van der Waals surface area contributed by atoms with Crippen LogP contribution in [0.3, 0.4) is 0 Å². The van der Waals surface area contributed by atoms with Crippen LogP contribution in [0, 0.1) is 6.92 Å². The van der Waals surface area contributed by atoms with Crippen molar-refractivity contribution in [3.05, 3.63) is 6.92 Å². The summed E-state index contributed by atoms with van der Waals surface area (Å²) in [5.74, 6) is 0. The molecule has 1 atom stereocenters. The van der Waals surface area contributed by atoms with Crippen LogP contribution in [0.4, 0.5) is 0 Å². The Bertz CT molecular complexity index is 26.1. The molecule has 1 aliphatic rings. The topological polar surface area (TPSA) is 12.5 Å². The van der Waals surface area contributed by atoms with Crippen molar-refractivity contribution in [1.29, 1.82) is 0 Å². The fourth-order valence-corrected chi connectivity index (χ4v) is 0.0680. The first-order chi connectivity index (χ1) is 1.89. The third-order valence-corrected chi connectivity index (χ3v) is 0.402. The smallest absolute Gasteiger partial charge is 0.0414 e. The van der Waals surface area contributed by atoms with Crippen molar-refractivity contribution in [2.24, 2.45) is 0 Å². The van der Waals surface area contributed by atoms with Crippen molar-refractivity contribution in [1.82, 2.24) is 0 Å². The monoisotopic (exact) mass is 105 g/mol. The van der Waals surface area contributed by atoms with Gasteiger partial charge < -0.3 is 11.7 Å². The number of epoxide rings is 1. The van der Waals surface area contributed by atoms with Gasteiger partial charge in [0.15, 0.2) is 0 Å². The fraction of sp³-hybridized carbons (Fsp3) is 0.667. The molecular weight excluding hydrogens is 99.9 g/mol. The van der Waals surface area contributed by atoms with E-state index in [1.165, 1.54) is 0 Å². The first-order valence-corrected chi connectivity index (χ1v) is 1.34. The predicted molar refractivity (Wildman–Crippen MR) is 15.1 cm³/mol. The Balaban J connectivity index is 0.000000160. The molecule has 28 valence electrons. The van der Waals surface area contributed by atoms with E-state index >= 15 is 0 Å². The van der Waals surface area contributed by atoms with Gasteiger partial charge in [0.05, 0.1) is 0 Å². The summed E-state index contributed by atoms with van der Waals surface area (Å²) in [7, 11) is 0. The Morgan fingerprint density at radius 2 is 2.00 bits per heavy atom. The normalized spacial score (nSPS) is 31.8. The van der Waals surface area contributed by atoms with Gasteiger partial charge in [-0.3, -0.25) is 0 Å². The Morgan fingerprint density at radius 1 is 1.80 bits per heavy atom. The number of hydrogen-bond donors (Lipinski definition) is 0. The molecule has 0 radical (unpaired) electrons. The van der Waals surface area contributed by atoms with Gasteiger partial charge in [-0.05, 0) is 6.10 Å². The second-order valence-electron chi connectivity index (χ2n) is 0.955. The minimum atomic E-state index is 0. The molecule has 0 N–H and O–H groups in total. The third-order valence-electron chi connectivity index (χ3n) is 0.402. The minimum Gasteiger partial charge on any atom is -0.408 e. The Kier molecular flexibility index (Phi) is 2.22. The summed E-state index contributed by atoms with van der Waals surface area (Å²) in [5, 5.41) is 0. The van der Waals surface area contributed by atoms with Gasteiger partial charge in [0.1, 0.15) is 0 Å². The number of hydrogen-bond acceptors (Lipinski definition) is 1. The van der Waals surface area contributed by atoms with Crippen molar-refractivity contribution in [3.63, 3.8) is 0 Å². The van der Waals surface area contributed by atoms with Crippen molar-refractivity contribution in [2.45, 2.75) is 6.10 Å². The van der Waals surface area contributed by atoms with Gasteiger partial charge >= 0.3 is 0 Å². The largest absolute Gasteiger partial charge is 0.408 e. The van der Waals surface area contributed by atoms with Crippen molar-refractivity contribution >= 4 is 0 Å². The summed E-state index contributed by atoms with van der Waals surface area (Å²) < 4.78 is 4.60. The molecule has 0 spiro atoms. The second kappa shape index (κ2) is 1.96. The van der Waals surface area contributed by atoms with E-state index in [-0.39, 0.29) is 21.7 Å². The van der Waals surface area contributed by atoms with Gasteiger partial charge in [0.25, 0.3) is 0 Å². The predicted octanol–water partition coefficient (Wildman–Crippen LogP) is 0.217. The molecule has 0 aromatic heterocycles. The molecule has 1 saturated heterocycles. The average molecular weight is 105 g/mol. The molecule has 0 aromatic carbocycles. The van der Waals surface area contributed by atoms with Crippen LogP contribution in [0.1, 0.15) is 0 Å². The molecule has 1 fully saturated rings. The maximum atomic E-state index is 4.60.